The van der Waals surface area contributed by atoms with E-state index in [-0.39, 0.29) is 12.8 Å². The molecule has 0 radical (unpaired) electrons. The van der Waals surface area contributed by atoms with Crippen molar-refractivity contribution in [3.8, 4) is 0 Å². The third kappa shape index (κ3) is 31.7. The molecule has 1 aliphatic rings. The molecule has 0 aromatic carbocycles. The maximum Gasteiger partial charge on any atom is 0.472 e. The molecule has 13 nitrogen and oxygen atoms in total. The quantitative estimate of drug-likeness (QED) is 0.0146. The maximum absolute atomic E-state index is 12.8. The van der Waals surface area contributed by atoms with Gasteiger partial charge in [-0.2, -0.15) is 0 Å². The lowest BCUT2D eigenvalue weighted by molar-refractivity contribution is -0.220. The molecule has 14 heteroatoms. The molecule has 0 aliphatic heterocycles. The zero-order valence-corrected chi connectivity index (χ0v) is 40.5. The van der Waals surface area contributed by atoms with Gasteiger partial charge in [-0.05, 0) is 51.4 Å². The summed E-state index contributed by atoms with van der Waals surface area (Å²) < 4.78 is 33.5. The Kier molecular flexibility index (Phi) is 37.3. The van der Waals surface area contributed by atoms with E-state index in [1.54, 1.807) is 0 Å². The number of phosphoric acid groups is 1. The summed E-state index contributed by atoms with van der Waals surface area (Å²) in [5.74, 6) is -1.16. The van der Waals surface area contributed by atoms with Crippen LogP contribution in [-0.2, 0) is 32.7 Å². The molecule has 0 bridgehead atoms. The van der Waals surface area contributed by atoms with Crippen molar-refractivity contribution in [1.82, 2.24) is 0 Å². The Morgan fingerprint density at radius 2 is 0.859 bits per heavy atom. The van der Waals surface area contributed by atoms with Crippen LogP contribution >= 0.6 is 7.82 Å². The van der Waals surface area contributed by atoms with Crippen molar-refractivity contribution in [2.24, 2.45) is 0 Å². The molecule has 0 saturated heterocycles. The van der Waals surface area contributed by atoms with Crippen molar-refractivity contribution in [3.05, 3.63) is 48.6 Å². The highest BCUT2D eigenvalue weighted by molar-refractivity contribution is 7.47. The normalized spacial score (nSPS) is 21.9. The molecule has 64 heavy (non-hydrogen) atoms. The summed E-state index contributed by atoms with van der Waals surface area (Å²) >= 11 is 0. The zero-order valence-electron chi connectivity index (χ0n) is 39.6. The molecule has 0 heterocycles. The number of ether oxygens (including phenoxy) is 2. The first-order valence-electron chi connectivity index (χ1n) is 24.9. The first kappa shape index (κ1) is 59.8. The molecule has 1 aliphatic carbocycles. The summed E-state index contributed by atoms with van der Waals surface area (Å²) in [6.07, 6.45) is 34.5. The number of carbonyl (C=O) groups is 2. The number of carbonyl (C=O) groups excluding carboxylic acids is 2. The number of esters is 2. The Morgan fingerprint density at radius 3 is 1.33 bits per heavy atom. The fourth-order valence-electron chi connectivity index (χ4n) is 7.40. The van der Waals surface area contributed by atoms with Crippen LogP contribution in [0.2, 0.25) is 0 Å². The minimum atomic E-state index is -5.13. The minimum absolute atomic E-state index is 0.0874. The largest absolute Gasteiger partial charge is 0.472 e. The van der Waals surface area contributed by atoms with E-state index in [0.717, 1.165) is 51.4 Å². The van der Waals surface area contributed by atoms with E-state index < -0.39 is 75.7 Å². The van der Waals surface area contributed by atoms with Crippen LogP contribution in [0.3, 0.4) is 0 Å². The Morgan fingerprint density at radius 1 is 0.484 bits per heavy atom. The van der Waals surface area contributed by atoms with Gasteiger partial charge in [0, 0.05) is 12.8 Å². The maximum atomic E-state index is 12.8. The van der Waals surface area contributed by atoms with Crippen LogP contribution in [0.1, 0.15) is 200 Å². The highest BCUT2D eigenvalue weighted by Gasteiger charge is 2.51. The van der Waals surface area contributed by atoms with Gasteiger partial charge in [-0.15, -0.1) is 0 Å². The van der Waals surface area contributed by atoms with E-state index in [1.807, 2.05) is 12.2 Å². The van der Waals surface area contributed by atoms with Gasteiger partial charge in [0.15, 0.2) is 6.10 Å². The van der Waals surface area contributed by atoms with Crippen molar-refractivity contribution in [2.45, 2.75) is 243 Å². The van der Waals surface area contributed by atoms with Crippen molar-refractivity contribution >= 4 is 19.8 Å². The SMILES string of the molecule is CCCCC/C=C/C/C=C/C/C=C/C/C=C/CCCC(=O)OC[C@H](COP(=O)(O)OC1C(O)C(O)C(O)[C@H](O)C1O)OC(=O)CCCCCCCCCCCCCCCCCCCC. The second-order valence-electron chi connectivity index (χ2n) is 17.3. The third-order valence-electron chi connectivity index (χ3n) is 11.4. The van der Waals surface area contributed by atoms with Gasteiger partial charge in [0.05, 0.1) is 6.61 Å². The summed E-state index contributed by atoms with van der Waals surface area (Å²) in [5, 5.41) is 50.2. The fraction of sp³-hybridized carbons (Fsp3) is 0.800. The first-order valence-corrected chi connectivity index (χ1v) is 26.4. The van der Waals surface area contributed by atoms with Crippen LogP contribution in [0, 0.1) is 0 Å². The Hall–Kier alpha value is -2.19. The van der Waals surface area contributed by atoms with Crippen LogP contribution in [0.25, 0.3) is 0 Å². The van der Waals surface area contributed by atoms with E-state index in [9.17, 15) is 44.6 Å². The van der Waals surface area contributed by atoms with Gasteiger partial charge in [-0.1, -0.05) is 184 Å². The lowest BCUT2D eigenvalue weighted by Crippen LogP contribution is -2.64. The van der Waals surface area contributed by atoms with E-state index in [2.05, 4.69) is 50.3 Å². The Balaban J connectivity index is 2.45. The monoisotopic (exact) mass is 929 g/mol. The summed E-state index contributed by atoms with van der Waals surface area (Å²) in [7, 11) is -5.13. The number of unbranched alkanes of at least 4 members (excludes halogenated alkanes) is 21. The summed E-state index contributed by atoms with van der Waals surface area (Å²) in [6, 6.07) is 0. The predicted octanol–water partition coefficient (Wildman–Crippen LogP) is 10.3. The molecular formula is C50H89O13P. The van der Waals surface area contributed by atoms with Gasteiger partial charge < -0.3 is 39.9 Å². The second kappa shape index (κ2) is 39.9. The van der Waals surface area contributed by atoms with Gasteiger partial charge >= 0.3 is 19.8 Å². The van der Waals surface area contributed by atoms with Crippen molar-refractivity contribution < 1.29 is 63.1 Å². The molecule has 0 spiro atoms. The second-order valence-corrected chi connectivity index (χ2v) is 18.7. The zero-order chi connectivity index (χ0) is 47.1. The van der Waals surface area contributed by atoms with Crippen LogP contribution in [0.4, 0.5) is 0 Å². The van der Waals surface area contributed by atoms with Crippen LogP contribution in [-0.4, -0.2) is 98.3 Å². The molecule has 1 saturated carbocycles. The van der Waals surface area contributed by atoms with Gasteiger partial charge in [0.2, 0.25) is 0 Å². The van der Waals surface area contributed by atoms with Crippen LogP contribution in [0.15, 0.2) is 48.6 Å². The van der Waals surface area contributed by atoms with Crippen LogP contribution < -0.4 is 0 Å². The Bertz CT molecular complexity index is 1300. The lowest BCUT2D eigenvalue weighted by Gasteiger charge is -2.41. The summed E-state index contributed by atoms with van der Waals surface area (Å²) in [6.45, 7) is 3.24. The third-order valence-corrected chi connectivity index (χ3v) is 12.4. The molecule has 6 unspecified atom stereocenters. The minimum Gasteiger partial charge on any atom is -0.462 e. The van der Waals surface area contributed by atoms with Gasteiger partial charge in [0.25, 0.3) is 0 Å². The highest BCUT2D eigenvalue weighted by atomic mass is 31.2. The molecule has 372 valence electrons. The number of aliphatic hydroxyl groups excluding tert-OH is 5. The molecule has 0 aromatic heterocycles. The van der Waals surface area contributed by atoms with Crippen LogP contribution in [0.5, 0.6) is 0 Å². The molecule has 1 rings (SSSR count). The van der Waals surface area contributed by atoms with Gasteiger partial charge in [0.1, 0.15) is 43.2 Å². The molecular weight excluding hydrogens is 840 g/mol. The van der Waals surface area contributed by atoms with E-state index in [1.165, 1.54) is 103 Å². The fourth-order valence-corrected chi connectivity index (χ4v) is 8.37. The van der Waals surface area contributed by atoms with E-state index >= 15 is 0 Å². The van der Waals surface area contributed by atoms with E-state index in [4.69, 9.17) is 18.5 Å². The lowest BCUT2D eigenvalue weighted by atomic mass is 9.85. The predicted molar refractivity (Wildman–Crippen MR) is 253 cm³/mol. The number of rotatable bonds is 41. The first-order chi connectivity index (χ1) is 30.9. The molecule has 0 amide bonds. The van der Waals surface area contributed by atoms with Crippen molar-refractivity contribution in [3.63, 3.8) is 0 Å². The molecule has 1 fully saturated rings. The number of allylic oxidation sites excluding steroid dienone is 8. The summed E-state index contributed by atoms with van der Waals surface area (Å²) in [4.78, 5) is 35.8. The van der Waals surface area contributed by atoms with Gasteiger partial charge in [-0.3, -0.25) is 18.6 Å². The number of hydrogen-bond acceptors (Lipinski definition) is 12. The highest BCUT2D eigenvalue weighted by Crippen LogP contribution is 2.47. The van der Waals surface area contributed by atoms with Crippen molar-refractivity contribution in [1.29, 1.82) is 0 Å². The number of phosphoric ester groups is 1. The van der Waals surface area contributed by atoms with E-state index in [0.29, 0.717) is 19.3 Å². The standard InChI is InChI=1S/C50H89O13P/c1-3-5-7-9-11-13-15-17-19-21-23-25-27-29-31-33-35-37-39-44(52)62-42(41-61-64(58,59)63-50-48(56)46(54)45(53)47(55)49(50)57)40-60-43(51)38-36-34-32-30-28-26-24-22-20-18-16-14-12-10-8-6-4-2/h12,14,18,20,24,26,30,32,42,45-50,53-57H,3-11,13,15-17,19,21-23,25,27-29,31,33-41H2,1-2H3,(H,58,59)/b14-12+,20-18+,26-24+,32-30+/t42-,45?,46+,47?,48?,49?,50?/m1/s1. The molecule has 0 aromatic rings. The topological polar surface area (TPSA) is 210 Å². The average molecular weight is 929 g/mol. The van der Waals surface area contributed by atoms with Crippen molar-refractivity contribution in [2.75, 3.05) is 13.2 Å². The summed E-state index contributed by atoms with van der Waals surface area (Å²) in [5.41, 5.74) is 0. The van der Waals surface area contributed by atoms with Gasteiger partial charge in [-0.25, -0.2) is 4.57 Å². The average Bonchev–Trinajstić information content (AvgIpc) is 3.28. The molecule has 8 atom stereocenters. The number of hydrogen-bond donors (Lipinski definition) is 6. The Labute approximate surface area is 386 Å². The number of aliphatic hydroxyl groups is 5. The molecule has 6 N–H and O–H groups in total. The smallest absolute Gasteiger partial charge is 0.462 e.